The van der Waals surface area contributed by atoms with Gasteiger partial charge in [-0.2, -0.15) is 0 Å². The maximum Gasteiger partial charge on any atom is 0.311 e. The number of aliphatic carboxylic acids is 1. The Morgan fingerprint density at radius 2 is 1.73 bits per heavy atom. The van der Waals surface area contributed by atoms with Crippen molar-refractivity contribution in [2.45, 2.75) is 99.5 Å². The first-order valence-corrected chi connectivity index (χ1v) is 13.4. The lowest BCUT2D eigenvalue weighted by molar-refractivity contribution is -0.142. The van der Waals surface area contributed by atoms with Crippen molar-refractivity contribution >= 4 is 17.5 Å². The molecule has 0 saturated carbocycles. The summed E-state index contributed by atoms with van der Waals surface area (Å²) in [6.07, 6.45) is 6.68. The molecule has 6 heteroatoms. The first-order valence-electron chi connectivity index (χ1n) is 13.4. The number of ketones is 2. The number of rotatable bonds is 12. The van der Waals surface area contributed by atoms with Gasteiger partial charge in [0.1, 0.15) is 23.2 Å². The highest BCUT2D eigenvalue weighted by Crippen LogP contribution is 2.51. The number of carboxylic acid groups (broad SMARTS) is 1. The van der Waals surface area contributed by atoms with Crippen LogP contribution in [0.15, 0.2) is 58.1 Å². The smallest absolute Gasteiger partial charge is 0.311 e. The van der Waals surface area contributed by atoms with Crippen LogP contribution < -0.4 is 0 Å². The second-order valence-corrected chi connectivity index (χ2v) is 11.1. The fourth-order valence-corrected chi connectivity index (χ4v) is 5.01. The molecule has 0 bridgehead atoms. The standard InChI is InChI=1S/C31H44O6/c1-9-11-23(30(35)36)24-27-25(26(32)21(7)22(8)37-27)29(34)31(28(24)33,16-14-19(4)5)17-15-20(6)13-10-12-18(2)3/h12,14,21-23,33H,6,9-11,13,15-17H2,1-5,7-8H3,(H,35,36). The number of carbonyl (C=O) groups is 3. The van der Waals surface area contributed by atoms with Crippen molar-refractivity contribution in [1.29, 1.82) is 0 Å². The Labute approximate surface area is 221 Å². The number of allylic oxidation sites excluding steroid dienone is 8. The van der Waals surface area contributed by atoms with E-state index in [1.807, 2.05) is 40.7 Å². The van der Waals surface area contributed by atoms with Gasteiger partial charge in [-0.25, -0.2) is 0 Å². The van der Waals surface area contributed by atoms with Gasteiger partial charge in [-0.1, -0.05) is 55.7 Å². The quantitative estimate of drug-likeness (QED) is 0.212. The number of hydrogen-bond acceptors (Lipinski definition) is 5. The fraction of sp³-hybridized carbons (Fsp3) is 0.581. The van der Waals surface area contributed by atoms with E-state index in [9.17, 15) is 24.6 Å². The first kappa shape index (κ1) is 30.3. The van der Waals surface area contributed by atoms with Crippen LogP contribution in [0.25, 0.3) is 0 Å². The van der Waals surface area contributed by atoms with E-state index in [2.05, 4.69) is 12.7 Å². The lowest BCUT2D eigenvalue weighted by Gasteiger charge is -2.42. The zero-order chi connectivity index (χ0) is 28.1. The largest absolute Gasteiger partial charge is 0.511 e. The van der Waals surface area contributed by atoms with Crippen molar-refractivity contribution in [2.75, 3.05) is 0 Å². The maximum atomic E-state index is 14.2. The zero-order valence-electron chi connectivity index (χ0n) is 23.6. The summed E-state index contributed by atoms with van der Waals surface area (Å²) in [5, 5.41) is 22.0. The third-order valence-electron chi connectivity index (χ3n) is 7.55. The number of carboxylic acids is 1. The summed E-state index contributed by atoms with van der Waals surface area (Å²) in [6, 6.07) is 0. The first-order chi connectivity index (χ1) is 17.3. The number of Topliss-reactive ketones (excluding diaryl/α,β-unsaturated/α-hetero) is 2. The molecule has 0 aromatic heterocycles. The van der Waals surface area contributed by atoms with E-state index in [1.165, 1.54) is 5.57 Å². The van der Waals surface area contributed by atoms with Crippen molar-refractivity contribution in [2.24, 2.45) is 17.3 Å². The molecule has 0 saturated heterocycles. The van der Waals surface area contributed by atoms with Crippen molar-refractivity contribution < 1.29 is 29.3 Å². The third kappa shape index (κ3) is 6.52. The molecule has 6 nitrogen and oxygen atoms in total. The lowest BCUT2D eigenvalue weighted by Crippen LogP contribution is -2.47. The number of hydrogen-bond donors (Lipinski definition) is 2. The van der Waals surface area contributed by atoms with Crippen molar-refractivity contribution in [3.05, 3.63) is 58.1 Å². The molecule has 0 amide bonds. The van der Waals surface area contributed by atoms with E-state index in [0.717, 1.165) is 24.0 Å². The summed E-state index contributed by atoms with van der Waals surface area (Å²) >= 11 is 0. The summed E-state index contributed by atoms with van der Waals surface area (Å²) in [4.78, 5) is 40.1. The van der Waals surface area contributed by atoms with Crippen LogP contribution in [0, 0.1) is 17.3 Å². The molecule has 4 unspecified atom stereocenters. The van der Waals surface area contributed by atoms with E-state index in [-0.39, 0.29) is 47.7 Å². The molecule has 2 rings (SSSR count). The topological polar surface area (TPSA) is 101 Å². The lowest BCUT2D eigenvalue weighted by atomic mass is 9.63. The molecule has 204 valence electrons. The molecule has 0 aromatic rings. The molecule has 1 aliphatic carbocycles. The van der Waals surface area contributed by atoms with Crippen molar-refractivity contribution in [3.8, 4) is 0 Å². The molecule has 0 aromatic carbocycles. The molecule has 0 spiro atoms. The van der Waals surface area contributed by atoms with Crippen LogP contribution in [0.5, 0.6) is 0 Å². The highest BCUT2D eigenvalue weighted by atomic mass is 16.5. The number of aliphatic hydroxyl groups excluding tert-OH is 1. The molecule has 1 heterocycles. The molecular weight excluding hydrogens is 468 g/mol. The monoisotopic (exact) mass is 512 g/mol. The van der Waals surface area contributed by atoms with Gasteiger partial charge in [-0.15, -0.1) is 0 Å². The second kappa shape index (κ2) is 12.6. The number of carbonyl (C=O) groups excluding carboxylic acids is 2. The number of ether oxygens (including phenoxy) is 1. The average molecular weight is 513 g/mol. The Hall–Kier alpha value is -2.89. The van der Waals surface area contributed by atoms with Gasteiger partial charge < -0.3 is 14.9 Å². The van der Waals surface area contributed by atoms with E-state index >= 15 is 0 Å². The van der Waals surface area contributed by atoms with E-state index in [0.29, 0.717) is 12.8 Å². The highest BCUT2D eigenvalue weighted by molar-refractivity contribution is 6.25. The van der Waals surface area contributed by atoms with Crippen LogP contribution in [-0.2, 0) is 19.1 Å². The summed E-state index contributed by atoms with van der Waals surface area (Å²) in [6.45, 7) is 17.4. The molecule has 37 heavy (non-hydrogen) atoms. The average Bonchev–Trinajstić information content (AvgIpc) is 2.81. The van der Waals surface area contributed by atoms with Crippen LogP contribution in [-0.4, -0.2) is 33.9 Å². The van der Waals surface area contributed by atoms with Crippen LogP contribution in [0.1, 0.15) is 93.4 Å². The molecule has 0 fully saturated rings. The Morgan fingerprint density at radius 1 is 1.11 bits per heavy atom. The summed E-state index contributed by atoms with van der Waals surface area (Å²) < 4.78 is 6.04. The van der Waals surface area contributed by atoms with Crippen LogP contribution in [0.3, 0.4) is 0 Å². The van der Waals surface area contributed by atoms with Gasteiger partial charge >= 0.3 is 5.97 Å². The predicted molar refractivity (Wildman–Crippen MR) is 146 cm³/mol. The van der Waals surface area contributed by atoms with Gasteiger partial charge in [0, 0.05) is 5.57 Å². The summed E-state index contributed by atoms with van der Waals surface area (Å²) in [5.41, 5.74) is 1.64. The molecule has 1 aliphatic heterocycles. The molecule has 4 atom stereocenters. The minimum absolute atomic E-state index is 0.0471. The Kier molecular flexibility index (Phi) is 10.3. The van der Waals surface area contributed by atoms with E-state index < -0.39 is 35.1 Å². The molecule has 0 radical (unpaired) electrons. The number of aliphatic hydroxyl groups is 1. The maximum absolute atomic E-state index is 14.2. The van der Waals surface area contributed by atoms with Gasteiger partial charge in [0.15, 0.2) is 11.6 Å². The molecule has 2 N–H and O–H groups in total. The third-order valence-corrected chi connectivity index (χ3v) is 7.55. The minimum atomic E-state index is -1.45. The Bertz CT molecular complexity index is 1060. The van der Waals surface area contributed by atoms with Crippen LogP contribution in [0.2, 0.25) is 0 Å². The summed E-state index contributed by atoms with van der Waals surface area (Å²) in [7, 11) is 0. The van der Waals surface area contributed by atoms with Gasteiger partial charge in [-0.05, 0) is 73.1 Å². The second-order valence-electron chi connectivity index (χ2n) is 11.1. The van der Waals surface area contributed by atoms with Gasteiger partial charge in [0.2, 0.25) is 0 Å². The zero-order valence-corrected chi connectivity index (χ0v) is 23.6. The van der Waals surface area contributed by atoms with Crippen molar-refractivity contribution in [3.63, 3.8) is 0 Å². The Balaban J connectivity index is 2.72. The molecule has 2 aliphatic rings. The van der Waals surface area contributed by atoms with Crippen LogP contribution >= 0.6 is 0 Å². The Morgan fingerprint density at radius 3 is 2.27 bits per heavy atom. The van der Waals surface area contributed by atoms with Gasteiger partial charge in [-0.3, -0.25) is 14.4 Å². The SMILES string of the molecule is C=C(CCC=C(C)C)CCC1(CC=C(C)C)C(=O)C2=C(OC(C)C(C)C2=O)C(C(CCC)C(=O)O)=C1O. The minimum Gasteiger partial charge on any atom is -0.511 e. The predicted octanol–water partition coefficient (Wildman–Crippen LogP) is 7.19. The highest BCUT2D eigenvalue weighted by Gasteiger charge is 2.55. The normalized spacial score (nSPS) is 24.3. The fourth-order valence-electron chi connectivity index (χ4n) is 5.01. The molecular formula is C31H44O6. The van der Waals surface area contributed by atoms with Gasteiger partial charge in [0.25, 0.3) is 0 Å². The van der Waals surface area contributed by atoms with Gasteiger partial charge in [0.05, 0.1) is 17.3 Å². The van der Waals surface area contributed by atoms with Crippen molar-refractivity contribution in [1.82, 2.24) is 0 Å². The van der Waals surface area contributed by atoms with Crippen LogP contribution in [0.4, 0.5) is 0 Å². The van der Waals surface area contributed by atoms with E-state index in [4.69, 9.17) is 4.74 Å². The summed E-state index contributed by atoms with van der Waals surface area (Å²) in [5.74, 6) is -3.93. The van der Waals surface area contributed by atoms with E-state index in [1.54, 1.807) is 13.8 Å².